The van der Waals surface area contributed by atoms with Gasteiger partial charge >= 0.3 is 12.1 Å². The Bertz CT molecular complexity index is 519. The first kappa shape index (κ1) is 13.7. The summed E-state index contributed by atoms with van der Waals surface area (Å²) >= 11 is 6.09. The maximum atomic E-state index is 11.9. The first-order chi connectivity index (χ1) is 8.94. The van der Waals surface area contributed by atoms with Crippen LogP contribution in [-0.2, 0) is 9.53 Å². The number of carbonyl (C=O) groups is 2. The molecule has 1 amide bonds. The van der Waals surface area contributed by atoms with Gasteiger partial charge in [-0.25, -0.2) is 4.79 Å². The highest BCUT2D eigenvalue weighted by Crippen LogP contribution is 2.37. The molecule has 1 aromatic rings. The van der Waals surface area contributed by atoms with E-state index in [0.29, 0.717) is 17.1 Å². The molecule has 19 heavy (non-hydrogen) atoms. The standard InChI is InChI=1S/C13H14ClNO4/c1-13(7-6-11(16)17)8-19-12(18)15(13)10-5-3-2-4-9(10)14/h2-5H,6-8H2,1H3,(H,16,17). The summed E-state index contributed by atoms with van der Waals surface area (Å²) < 4.78 is 5.06. The number of aliphatic carboxylic acids is 1. The third kappa shape index (κ3) is 2.66. The molecule has 1 N–H and O–H groups in total. The van der Waals surface area contributed by atoms with Crippen LogP contribution >= 0.6 is 11.6 Å². The van der Waals surface area contributed by atoms with Crippen molar-refractivity contribution in [3.8, 4) is 0 Å². The second-order valence-electron chi connectivity index (χ2n) is 4.73. The molecule has 1 unspecified atom stereocenters. The second-order valence-corrected chi connectivity index (χ2v) is 5.14. The van der Waals surface area contributed by atoms with E-state index in [1.54, 1.807) is 31.2 Å². The highest BCUT2D eigenvalue weighted by Gasteiger charge is 2.45. The fourth-order valence-electron chi connectivity index (χ4n) is 2.15. The van der Waals surface area contributed by atoms with Gasteiger partial charge in [-0.3, -0.25) is 9.69 Å². The third-order valence-corrected chi connectivity index (χ3v) is 3.52. The normalized spacial score (nSPS) is 22.4. The number of carbonyl (C=O) groups excluding carboxylic acids is 1. The molecule has 1 aliphatic rings. The monoisotopic (exact) mass is 283 g/mol. The number of cyclic esters (lactones) is 1. The Morgan fingerprint density at radius 2 is 2.21 bits per heavy atom. The summed E-state index contributed by atoms with van der Waals surface area (Å²) in [6, 6.07) is 6.93. The average Bonchev–Trinajstić information content (AvgIpc) is 2.65. The molecule has 0 aromatic heterocycles. The average molecular weight is 284 g/mol. The van der Waals surface area contributed by atoms with Crippen molar-refractivity contribution in [2.75, 3.05) is 11.5 Å². The zero-order chi connectivity index (χ0) is 14.0. The zero-order valence-corrected chi connectivity index (χ0v) is 11.2. The Labute approximate surface area is 115 Å². The Kier molecular flexibility index (Phi) is 3.66. The molecule has 102 valence electrons. The highest BCUT2D eigenvalue weighted by molar-refractivity contribution is 6.33. The number of hydrogen-bond acceptors (Lipinski definition) is 3. The number of rotatable bonds is 4. The van der Waals surface area contributed by atoms with Gasteiger partial charge in [0.1, 0.15) is 6.61 Å². The van der Waals surface area contributed by atoms with Crippen LogP contribution in [0.1, 0.15) is 19.8 Å². The summed E-state index contributed by atoms with van der Waals surface area (Å²) in [4.78, 5) is 24.0. The fourth-order valence-corrected chi connectivity index (χ4v) is 2.37. The Morgan fingerprint density at radius 3 is 2.84 bits per heavy atom. The van der Waals surface area contributed by atoms with E-state index in [0.717, 1.165) is 0 Å². The van der Waals surface area contributed by atoms with Gasteiger partial charge in [-0.15, -0.1) is 0 Å². The van der Waals surface area contributed by atoms with Gasteiger partial charge in [-0.05, 0) is 25.5 Å². The minimum atomic E-state index is -0.903. The summed E-state index contributed by atoms with van der Waals surface area (Å²) in [6.07, 6.45) is -0.228. The largest absolute Gasteiger partial charge is 0.481 e. The molecular weight excluding hydrogens is 270 g/mol. The minimum absolute atomic E-state index is 0.0336. The fraction of sp³-hybridized carbons (Fsp3) is 0.385. The van der Waals surface area contributed by atoms with Crippen molar-refractivity contribution in [2.45, 2.75) is 25.3 Å². The van der Waals surface area contributed by atoms with E-state index in [2.05, 4.69) is 0 Å². The van der Waals surface area contributed by atoms with E-state index < -0.39 is 17.6 Å². The minimum Gasteiger partial charge on any atom is -0.481 e. The summed E-state index contributed by atoms with van der Waals surface area (Å²) in [5, 5.41) is 9.23. The number of ether oxygens (including phenoxy) is 1. The maximum absolute atomic E-state index is 11.9. The molecule has 0 aliphatic carbocycles. The van der Waals surface area contributed by atoms with Crippen molar-refractivity contribution in [3.63, 3.8) is 0 Å². The first-order valence-corrected chi connectivity index (χ1v) is 6.25. The lowest BCUT2D eigenvalue weighted by atomic mass is 9.95. The molecule has 0 spiro atoms. The van der Waals surface area contributed by atoms with E-state index >= 15 is 0 Å². The Morgan fingerprint density at radius 1 is 1.53 bits per heavy atom. The van der Waals surface area contributed by atoms with Crippen LogP contribution in [0.4, 0.5) is 10.5 Å². The number of carboxylic acids is 1. The van der Waals surface area contributed by atoms with Crippen LogP contribution in [0.5, 0.6) is 0 Å². The van der Waals surface area contributed by atoms with E-state index in [1.807, 2.05) is 0 Å². The number of benzene rings is 1. The molecule has 1 fully saturated rings. The number of para-hydroxylation sites is 1. The number of halogens is 1. The maximum Gasteiger partial charge on any atom is 0.415 e. The predicted molar refractivity (Wildman–Crippen MR) is 70.6 cm³/mol. The van der Waals surface area contributed by atoms with Gasteiger partial charge in [0.2, 0.25) is 0 Å². The molecule has 1 heterocycles. The van der Waals surface area contributed by atoms with Crippen LogP contribution in [0.15, 0.2) is 24.3 Å². The zero-order valence-electron chi connectivity index (χ0n) is 10.4. The Hall–Kier alpha value is -1.75. The van der Waals surface area contributed by atoms with E-state index in [1.165, 1.54) is 4.90 Å². The number of hydrogen-bond donors (Lipinski definition) is 1. The van der Waals surface area contributed by atoms with Crippen molar-refractivity contribution in [3.05, 3.63) is 29.3 Å². The van der Waals surface area contributed by atoms with Crippen LogP contribution in [0.2, 0.25) is 5.02 Å². The lowest BCUT2D eigenvalue weighted by Gasteiger charge is -2.32. The first-order valence-electron chi connectivity index (χ1n) is 5.87. The van der Waals surface area contributed by atoms with Crippen LogP contribution < -0.4 is 4.90 Å². The summed E-state index contributed by atoms with van der Waals surface area (Å²) in [6.45, 7) is 1.95. The predicted octanol–water partition coefficient (Wildman–Crippen LogP) is 2.92. The van der Waals surface area contributed by atoms with Crippen molar-refractivity contribution >= 4 is 29.4 Å². The van der Waals surface area contributed by atoms with Crippen molar-refractivity contribution in [2.24, 2.45) is 0 Å². The molecule has 1 saturated heterocycles. The molecule has 0 radical (unpaired) electrons. The lowest BCUT2D eigenvalue weighted by Crippen LogP contribution is -2.45. The topological polar surface area (TPSA) is 66.8 Å². The quantitative estimate of drug-likeness (QED) is 0.922. The van der Waals surface area contributed by atoms with Crippen LogP contribution in [-0.4, -0.2) is 29.3 Å². The number of nitrogens with zero attached hydrogens (tertiary/aromatic N) is 1. The van der Waals surface area contributed by atoms with Crippen molar-refractivity contribution < 1.29 is 19.4 Å². The third-order valence-electron chi connectivity index (χ3n) is 3.20. The van der Waals surface area contributed by atoms with Crippen molar-refractivity contribution in [1.82, 2.24) is 0 Å². The van der Waals surface area contributed by atoms with E-state index in [9.17, 15) is 9.59 Å². The van der Waals surface area contributed by atoms with Gasteiger partial charge in [0, 0.05) is 6.42 Å². The lowest BCUT2D eigenvalue weighted by molar-refractivity contribution is -0.137. The SMILES string of the molecule is CC1(CCC(=O)O)COC(=O)N1c1ccccc1Cl. The molecule has 1 aromatic carbocycles. The van der Waals surface area contributed by atoms with E-state index in [4.69, 9.17) is 21.4 Å². The summed E-state index contributed by atoms with van der Waals surface area (Å²) in [5.74, 6) is -0.903. The van der Waals surface area contributed by atoms with Crippen LogP contribution in [0, 0.1) is 0 Å². The number of amides is 1. The number of anilines is 1. The molecule has 5 nitrogen and oxygen atoms in total. The van der Waals surface area contributed by atoms with Gasteiger partial charge < -0.3 is 9.84 Å². The van der Waals surface area contributed by atoms with Crippen LogP contribution in [0.25, 0.3) is 0 Å². The second kappa shape index (κ2) is 5.09. The van der Waals surface area contributed by atoms with Gasteiger partial charge in [-0.2, -0.15) is 0 Å². The molecule has 0 saturated carbocycles. The smallest absolute Gasteiger partial charge is 0.415 e. The van der Waals surface area contributed by atoms with Crippen LogP contribution in [0.3, 0.4) is 0 Å². The highest BCUT2D eigenvalue weighted by atomic mass is 35.5. The molecule has 1 aliphatic heterocycles. The molecule has 0 bridgehead atoms. The van der Waals surface area contributed by atoms with Crippen molar-refractivity contribution in [1.29, 1.82) is 0 Å². The molecular formula is C13H14ClNO4. The number of carboxylic acid groups (broad SMARTS) is 1. The molecule has 2 rings (SSSR count). The summed E-state index contributed by atoms with van der Waals surface area (Å²) in [7, 11) is 0. The summed E-state index contributed by atoms with van der Waals surface area (Å²) in [5.41, 5.74) is -0.153. The van der Waals surface area contributed by atoms with Gasteiger partial charge in [0.05, 0.1) is 16.2 Å². The van der Waals surface area contributed by atoms with E-state index in [-0.39, 0.29) is 13.0 Å². The molecule has 6 heteroatoms. The molecule has 1 atom stereocenters. The Balaban J connectivity index is 2.32. The van der Waals surface area contributed by atoms with Gasteiger partial charge in [0.15, 0.2) is 0 Å². The van der Waals surface area contributed by atoms with Gasteiger partial charge in [-0.1, -0.05) is 23.7 Å². The van der Waals surface area contributed by atoms with Gasteiger partial charge in [0.25, 0.3) is 0 Å².